The number of aromatic nitrogens is 5. The summed E-state index contributed by atoms with van der Waals surface area (Å²) in [6.45, 7) is 7.73. The number of methoxy groups -OCH3 is 1. The van der Waals surface area contributed by atoms with Crippen LogP contribution in [-0.4, -0.2) is 74.4 Å². The first-order valence-corrected chi connectivity index (χ1v) is 12.5. The minimum atomic E-state index is -0.708. The lowest BCUT2D eigenvalue weighted by molar-refractivity contribution is 0.0543. The molecule has 0 atom stereocenters. The lowest BCUT2D eigenvalue weighted by Gasteiger charge is -2.19. The van der Waals surface area contributed by atoms with Gasteiger partial charge in [0.05, 0.1) is 23.9 Å². The number of ketones is 1. The molecule has 4 heterocycles. The quantitative estimate of drug-likeness (QED) is 0.332. The summed E-state index contributed by atoms with van der Waals surface area (Å²) in [5.74, 6) is 0.506. The summed E-state index contributed by atoms with van der Waals surface area (Å²) in [5, 5.41) is 9.62. The van der Waals surface area contributed by atoms with Gasteiger partial charge in [0.1, 0.15) is 11.2 Å². The Morgan fingerprint density at radius 1 is 1.10 bits per heavy atom. The van der Waals surface area contributed by atoms with Crippen LogP contribution in [-0.2, 0) is 4.74 Å². The highest BCUT2D eigenvalue weighted by atomic mass is 16.6. The Morgan fingerprint density at radius 2 is 1.87 bits per heavy atom. The number of hydrogen-bond acceptors (Lipinski definition) is 10. The Morgan fingerprint density at radius 3 is 2.54 bits per heavy atom. The van der Waals surface area contributed by atoms with Crippen molar-refractivity contribution in [1.29, 1.82) is 0 Å². The molecule has 0 amide bonds. The predicted molar refractivity (Wildman–Crippen MR) is 146 cm³/mol. The fraction of sp³-hybridized carbons (Fsp3) is 0.357. The van der Waals surface area contributed by atoms with Crippen molar-refractivity contribution in [2.75, 3.05) is 32.2 Å². The van der Waals surface area contributed by atoms with Crippen LogP contribution in [0, 0.1) is 6.92 Å². The zero-order chi connectivity index (χ0) is 28.3. The van der Waals surface area contributed by atoms with Gasteiger partial charge in [0, 0.05) is 55.4 Å². The summed E-state index contributed by atoms with van der Waals surface area (Å²) in [6.07, 6.45) is 4.62. The number of hydrogen-bond donors (Lipinski definition) is 1. The second-order valence-corrected chi connectivity index (χ2v) is 10.0. The fourth-order valence-electron chi connectivity index (χ4n) is 4.07. The molecule has 0 fully saturated rings. The Labute approximate surface area is 226 Å². The second-order valence-electron chi connectivity index (χ2n) is 10.0. The van der Waals surface area contributed by atoms with Crippen molar-refractivity contribution in [3.63, 3.8) is 0 Å². The van der Waals surface area contributed by atoms with Crippen molar-refractivity contribution >= 4 is 28.9 Å². The Balaban J connectivity index is 1.68. The number of carbonyl (C=O) groups is 2. The van der Waals surface area contributed by atoms with Gasteiger partial charge in [0.15, 0.2) is 5.78 Å². The Bertz CT molecular complexity index is 1520. The molecule has 11 nitrogen and oxygen atoms in total. The SMILES string of the molecule is COc1nc(N(C)CCCO)ncc1-c1ccc(C(=O)c2cn(C(=O)OC(C)(C)C)c3ncccc23)c(C)n1. The van der Waals surface area contributed by atoms with E-state index >= 15 is 0 Å². The van der Waals surface area contributed by atoms with E-state index in [2.05, 4.69) is 19.9 Å². The van der Waals surface area contributed by atoms with Crippen LogP contribution < -0.4 is 9.64 Å². The van der Waals surface area contributed by atoms with Crippen LogP contribution in [0.5, 0.6) is 5.88 Å². The van der Waals surface area contributed by atoms with Crippen molar-refractivity contribution in [1.82, 2.24) is 24.5 Å². The largest absolute Gasteiger partial charge is 0.480 e. The molecule has 0 unspecified atom stereocenters. The molecule has 0 saturated carbocycles. The summed E-state index contributed by atoms with van der Waals surface area (Å²) >= 11 is 0. The van der Waals surface area contributed by atoms with Gasteiger partial charge in [0.2, 0.25) is 11.8 Å². The highest BCUT2D eigenvalue weighted by Crippen LogP contribution is 2.30. The van der Waals surface area contributed by atoms with Crippen molar-refractivity contribution < 1.29 is 24.2 Å². The average molecular weight is 533 g/mol. The topological polar surface area (TPSA) is 133 Å². The standard InChI is InChI=1S/C28H32N6O5/c1-17-18(10-11-22(31-17)20-15-30-26(32-25(20)38-6)33(5)13-8-14-35)23(36)21-16-34(27(37)39-28(2,3)4)24-19(21)9-7-12-29-24/h7,9-12,15-16,35H,8,13-14H2,1-6H3. The molecule has 0 bridgehead atoms. The van der Waals surface area contributed by atoms with Crippen LogP contribution >= 0.6 is 0 Å². The lowest BCUT2D eigenvalue weighted by Crippen LogP contribution is -2.26. The fourth-order valence-corrected chi connectivity index (χ4v) is 4.07. The number of nitrogens with zero attached hydrogens (tertiary/aromatic N) is 6. The summed E-state index contributed by atoms with van der Waals surface area (Å²) < 4.78 is 12.3. The van der Waals surface area contributed by atoms with E-state index in [1.807, 2.05) is 11.9 Å². The van der Waals surface area contributed by atoms with Crippen LogP contribution in [0.25, 0.3) is 22.3 Å². The third-order valence-corrected chi connectivity index (χ3v) is 5.93. The molecule has 11 heteroatoms. The van der Waals surface area contributed by atoms with Gasteiger partial charge >= 0.3 is 6.09 Å². The number of ether oxygens (including phenoxy) is 2. The third kappa shape index (κ3) is 5.88. The first-order valence-electron chi connectivity index (χ1n) is 12.5. The monoisotopic (exact) mass is 532 g/mol. The van der Waals surface area contributed by atoms with Gasteiger partial charge in [-0.05, 0) is 58.4 Å². The van der Waals surface area contributed by atoms with E-state index in [1.165, 1.54) is 17.9 Å². The van der Waals surface area contributed by atoms with E-state index in [1.54, 1.807) is 64.4 Å². The third-order valence-electron chi connectivity index (χ3n) is 5.93. The molecule has 0 spiro atoms. The number of anilines is 1. The normalized spacial score (nSPS) is 11.5. The maximum absolute atomic E-state index is 13.7. The number of aliphatic hydroxyl groups excluding tert-OH is 1. The van der Waals surface area contributed by atoms with Crippen molar-refractivity contribution in [2.45, 2.75) is 39.7 Å². The van der Waals surface area contributed by atoms with E-state index < -0.39 is 11.7 Å². The minimum absolute atomic E-state index is 0.0753. The first kappa shape index (κ1) is 27.6. The van der Waals surface area contributed by atoms with E-state index in [-0.39, 0.29) is 12.4 Å². The number of aliphatic hydroxyl groups is 1. The maximum atomic E-state index is 13.7. The van der Waals surface area contributed by atoms with E-state index in [4.69, 9.17) is 14.6 Å². The molecule has 4 rings (SSSR count). The molecule has 1 N–H and O–H groups in total. The second kappa shape index (κ2) is 11.2. The minimum Gasteiger partial charge on any atom is -0.480 e. The van der Waals surface area contributed by atoms with Gasteiger partial charge in [-0.1, -0.05) is 0 Å². The van der Waals surface area contributed by atoms with Crippen molar-refractivity contribution in [3.8, 4) is 17.1 Å². The molecule has 4 aromatic rings. The van der Waals surface area contributed by atoms with Gasteiger partial charge in [-0.25, -0.2) is 19.3 Å². The highest BCUT2D eigenvalue weighted by Gasteiger charge is 2.25. The van der Waals surface area contributed by atoms with E-state index in [0.717, 1.165) is 0 Å². The van der Waals surface area contributed by atoms with Gasteiger partial charge in [-0.15, -0.1) is 0 Å². The number of carbonyl (C=O) groups excluding carboxylic acids is 2. The first-order chi connectivity index (χ1) is 18.5. The molecule has 0 aliphatic rings. The molecule has 0 aliphatic carbocycles. The van der Waals surface area contributed by atoms with Gasteiger partial charge in [-0.3, -0.25) is 9.78 Å². The summed E-state index contributed by atoms with van der Waals surface area (Å²) in [5.41, 5.74) is 1.94. The number of fused-ring (bicyclic) bond motifs is 1. The molecule has 0 aromatic carbocycles. The molecule has 39 heavy (non-hydrogen) atoms. The van der Waals surface area contributed by atoms with Crippen LogP contribution in [0.4, 0.5) is 10.7 Å². The van der Waals surface area contributed by atoms with E-state index in [9.17, 15) is 9.59 Å². The molecule has 204 valence electrons. The average Bonchev–Trinajstić information content (AvgIpc) is 3.30. The molecule has 0 aliphatic heterocycles. The summed E-state index contributed by atoms with van der Waals surface area (Å²) in [4.78, 5) is 46.2. The Hall–Kier alpha value is -4.38. The van der Waals surface area contributed by atoms with Crippen molar-refractivity contribution in [2.24, 2.45) is 0 Å². The van der Waals surface area contributed by atoms with Crippen LogP contribution in [0.15, 0.2) is 42.9 Å². The van der Waals surface area contributed by atoms with Crippen LogP contribution in [0.1, 0.15) is 48.8 Å². The predicted octanol–water partition coefficient (Wildman–Crippen LogP) is 4.04. The zero-order valence-corrected chi connectivity index (χ0v) is 22.9. The summed E-state index contributed by atoms with van der Waals surface area (Å²) in [7, 11) is 3.35. The molecular weight excluding hydrogens is 500 g/mol. The van der Waals surface area contributed by atoms with E-state index in [0.29, 0.717) is 63.9 Å². The zero-order valence-electron chi connectivity index (χ0n) is 22.9. The summed E-state index contributed by atoms with van der Waals surface area (Å²) in [6, 6.07) is 6.86. The smallest absolute Gasteiger partial charge is 0.420 e. The van der Waals surface area contributed by atoms with Gasteiger partial charge in [0.25, 0.3) is 0 Å². The number of aryl methyl sites for hydroxylation is 1. The molecule has 0 radical (unpaired) electrons. The number of rotatable bonds is 8. The van der Waals surface area contributed by atoms with Crippen LogP contribution in [0.2, 0.25) is 0 Å². The molecule has 0 saturated heterocycles. The highest BCUT2D eigenvalue weighted by molar-refractivity contribution is 6.17. The molecular formula is C28H32N6O5. The van der Waals surface area contributed by atoms with Gasteiger partial charge < -0.3 is 19.5 Å². The maximum Gasteiger partial charge on any atom is 0.420 e. The van der Waals surface area contributed by atoms with Crippen LogP contribution in [0.3, 0.4) is 0 Å². The number of pyridine rings is 2. The van der Waals surface area contributed by atoms with Crippen molar-refractivity contribution in [3.05, 3.63) is 59.7 Å². The van der Waals surface area contributed by atoms with Gasteiger partial charge in [-0.2, -0.15) is 4.98 Å². The lowest BCUT2D eigenvalue weighted by atomic mass is 10.0. The Kier molecular flexibility index (Phi) is 7.91. The molecule has 4 aromatic heterocycles.